The summed E-state index contributed by atoms with van der Waals surface area (Å²) in [5.41, 5.74) is 6.19. The molecule has 1 atom stereocenters. The summed E-state index contributed by atoms with van der Waals surface area (Å²) in [6, 6.07) is 6.56. The van der Waals surface area contributed by atoms with Gasteiger partial charge in [-0.3, -0.25) is 0 Å². The Kier molecular flexibility index (Phi) is 3.21. The van der Waals surface area contributed by atoms with Gasteiger partial charge < -0.3 is 5.73 Å². The first kappa shape index (κ1) is 11.1. The summed E-state index contributed by atoms with van der Waals surface area (Å²) in [7, 11) is 0. The van der Waals surface area contributed by atoms with Gasteiger partial charge in [-0.2, -0.15) is 0 Å². The lowest BCUT2D eigenvalue weighted by Gasteiger charge is -2.19. The molecule has 1 aromatic carbocycles. The molecule has 0 saturated carbocycles. The van der Waals surface area contributed by atoms with Gasteiger partial charge in [-0.05, 0) is 18.0 Å². The van der Waals surface area contributed by atoms with Gasteiger partial charge in [0, 0.05) is 12.5 Å². The Morgan fingerprint density at radius 2 is 1.93 bits per heavy atom. The first-order valence-corrected chi connectivity index (χ1v) is 4.64. The van der Waals surface area contributed by atoms with Crippen molar-refractivity contribution >= 4 is 0 Å². The molecule has 0 radical (unpaired) electrons. The summed E-state index contributed by atoms with van der Waals surface area (Å²) < 4.78 is 26.3. The molecule has 0 aliphatic heterocycles. The number of rotatable bonds is 3. The van der Waals surface area contributed by atoms with Crippen LogP contribution in [-0.4, -0.2) is 6.54 Å². The fraction of sp³-hybridized carbons (Fsp3) is 0.455. The molecule has 3 heteroatoms. The maximum Gasteiger partial charge on any atom is 0.270 e. The van der Waals surface area contributed by atoms with Crippen molar-refractivity contribution in [2.75, 3.05) is 6.54 Å². The summed E-state index contributed by atoms with van der Waals surface area (Å²) in [6.45, 7) is 3.15. The van der Waals surface area contributed by atoms with Crippen molar-refractivity contribution < 1.29 is 8.78 Å². The second-order valence-electron chi connectivity index (χ2n) is 3.61. The molecular weight excluding hydrogens is 184 g/mol. The van der Waals surface area contributed by atoms with Crippen molar-refractivity contribution in [2.24, 2.45) is 5.73 Å². The van der Waals surface area contributed by atoms with Gasteiger partial charge in [0.2, 0.25) is 0 Å². The van der Waals surface area contributed by atoms with Gasteiger partial charge in [-0.25, -0.2) is 8.78 Å². The van der Waals surface area contributed by atoms with Gasteiger partial charge in [0.25, 0.3) is 5.92 Å². The SMILES string of the molecule is CC(CN)c1ccccc1C(C)(F)F. The predicted octanol–water partition coefficient (Wildman–Crippen LogP) is 2.86. The first-order chi connectivity index (χ1) is 6.46. The van der Waals surface area contributed by atoms with E-state index in [4.69, 9.17) is 5.73 Å². The Labute approximate surface area is 82.9 Å². The average molecular weight is 199 g/mol. The molecule has 14 heavy (non-hydrogen) atoms. The monoisotopic (exact) mass is 199 g/mol. The zero-order valence-corrected chi connectivity index (χ0v) is 8.43. The molecule has 0 aromatic heterocycles. The third kappa shape index (κ3) is 2.29. The lowest BCUT2D eigenvalue weighted by atomic mass is 9.93. The molecule has 2 N–H and O–H groups in total. The molecule has 0 heterocycles. The highest BCUT2D eigenvalue weighted by Gasteiger charge is 2.28. The van der Waals surface area contributed by atoms with Crippen LogP contribution in [0.5, 0.6) is 0 Å². The van der Waals surface area contributed by atoms with E-state index in [9.17, 15) is 8.78 Å². The minimum atomic E-state index is -2.79. The highest BCUT2D eigenvalue weighted by molar-refractivity contribution is 5.33. The van der Waals surface area contributed by atoms with Crippen molar-refractivity contribution in [1.29, 1.82) is 0 Å². The number of hydrogen-bond acceptors (Lipinski definition) is 1. The van der Waals surface area contributed by atoms with Crippen LogP contribution in [0.2, 0.25) is 0 Å². The van der Waals surface area contributed by atoms with Gasteiger partial charge in [-0.15, -0.1) is 0 Å². The minimum Gasteiger partial charge on any atom is -0.330 e. The van der Waals surface area contributed by atoms with Crippen LogP contribution in [-0.2, 0) is 5.92 Å². The Hall–Kier alpha value is -0.960. The minimum absolute atomic E-state index is 0.0305. The molecule has 0 saturated heterocycles. The fourth-order valence-corrected chi connectivity index (χ4v) is 1.45. The lowest BCUT2D eigenvalue weighted by molar-refractivity contribution is 0.0163. The highest BCUT2D eigenvalue weighted by Crippen LogP contribution is 2.32. The highest BCUT2D eigenvalue weighted by atomic mass is 19.3. The molecule has 0 aliphatic carbocycles. The third-order valence-corrected chi connectivity index (χ3v) is 2.32. The van der Waals surface area contributed by atoms with E-state index in [-0.39, 0.29) is 11.5 Å². The van der Waals surface area contributed by atoms with Crippen LogP contribution in [0.3, 0.4) is 0 Å². The molecule has 1 nitrogen and oxygen atoms in total. The van der Waals surface area contributed by atoms with Gasteiger partial charge in [-0.1, -0.05) is 31.2 Å². The van der Waals surface area contributed by atoms with E-state index in [1.165, 1.54) is 6.07 Å². The Morgan fingerprint density at radius 1 is 1.36 bits per heavy atom. The topological polar surface area (TPSA) is 26.0 Å². The van der Waals surface area contributed by atoms with Gasteiger partial charge in [0.1, 0.15) is 0 Å². The van der Waals surface area contributed by atoms with Crippen molar-refractivity contribution in [1.82, 2.24) is 0 Å². The van der Waals surface area contributed by atoms with E-state index in [2.05, 4.69) is 0 Å². The smallest absolute Gasteiger partial charge is 0.270 e. The van der Waals surface area contributed by atoms with Crippen molar-refractivity contribution in [2.45, 2.75) is 25.7 Å². The Balaban J connectivity index is 3.16. The predicted molar refractivity (Wildman–Crippen MR) is 53.5 cm³/mol. The number of hydrogen-bond donors (Lipinski definition) is 1. The summed E-state index contributed by atoms with van der Waals surface area (Å²) in [4.78, 5) is 0. The van der Waals surface area contributed by atoms with E-state index in [1.807, 2.05) is 6.92 Å². The summed E-state index contributed by atoms with van der Waals surface area (Å²) in [5, 5.41) is 0. The molecule has 0 fully saturated rings. The molecule has 0 bridgehead atoms. The molecule has 78 valence electrons. The first-order valence-electron chi connectivity index (χ1n) is 4.64. The maximum absolute atomic E-state index is 13.2. The number of benzene rings is 1. The van der Waals surface area contributed by atoms with Gasteiger partial charge >= 0.3 is 0 Å². The van der Waals surface area contributed by atoms with E-state index in [0.717, 1.165) is 6.92 Å². The number of alkyl halides is 2. The molecule has 1 unspecified atom stereocenters. The quantitative estimate of drug-likeness (QED) is 0.795. The average Bonchev–Trinajstić information content (AvgIpc) is 2.15. The summed E-state index contributed by atoms with van der Waals surface area (Å²) in [6.07, 6.45) is 0. The number of halogens is 2. The van der Waals surface area contributed by atoms with E-state index in [1.54, 1.807) is 18.2 Å². The molecule has 0 spiro atoms. The molecule has 1 aromatic rings. The van der Waals surface area contributed by atoms with Crippen LogP contribution in [0.4, 0.5) is 8.78 Å². The van der Waals surface area contributed by atoms with Gasteiger partial charge in [0.05, 0.1) is 0 Å². The second kappa shape index (κ2) is 4.05. The van der Waals surface area contributed by atoms with E-state index < -0.39 is 5.92 Å². The van der Waals surface area contributed by atoms with Crippen molar-refractivity contribution in [3.63, 3.8) is 0 Å². The van der Waals surface area contributed by atoms with E-state index in [0.29, 0.717) is 12.1 Å². The Bertz CT molecular complexity index is 304. The van der Waals surface area contributed by atoms with Crippen LogP contribution in [0.15, 0.2) is 24.3 Å². The van der Waals surface area contributed by atoms with E-state index >= 15 is 0 Å². The third-order valence-electron chi connectivity index (χ3n) is 2.32. The van der Waals surface area contributed by atoms with Gasteiger partial charge in [0.15, 0.2) is 0 Å². The van der Waals surface area contributed by atoms with Crippen molar-refractivity contribution in [3.8, 4) is 0 Å². The second-order valence-corrected chi connectivity index (χ2v) is 3.61. The Morgan fingerprint density at radius 3 is 2.43 bits per heavy atom. The lowest BCUT2D eigenvalue weighted by Crippen LogP contribution is -2.16. The zero-order valence-electron chi connectivity index (χ0n) is 8.43. The zero-order chi connectivity index (χ0) is 10.8. The van der Waals surface area contributed by atoms with Crippen LogP contribution < -0.4 is 5.73 Å². The fourth-order valence-electron chi connectivity index (χ4n) is 1.45. The molecule has 1 rings (SSSR count). The summed E-state index contributed by atoms with van der Waals surface area (Å²) >= 11 is 0. The largest absolute Gasteiger partial charge is 0.330 e. The number of nitrogens with two attached hydrogens (primary N) is 1. The van der Waals surface area contributed by atoms with Crippen LogP contribution in [0, 0.1) is 0 Å². The summed E-state index contributed by atoms with van der Waals surface area (Å²) in [5.74, 6) is -2.82. The van der Waals surface area contributed by atoms with Crippen molar-refractivity contribution in [3.05, 3.63) is 35.4 Å². The molecule has 0 amide bonds. The normalized spacial score (nSPS) is 14.1. The maximum atomic E-state index is 13.2. The van der Waals surface area contributed by atoms with Crippen LogP contribution in [0.25, 0.3) is 0 Å². The van der Waals surface area contributed by atoms with Crippen LogP contribution in [0.1, 0.15) is 30.9 Å². The molecular formula is C11H15F2N. The molecule has 0 aliphatic rings. The van der Waals surface area contributed by atoms with Crippen LogP contribution >= 0.6 is 0 Å². The standard InChI is InChI=1S/C11H15F2N/c1-8(7-14)9-5-3-4-6-10(9)11(2,12)13/h3-6,8H,7,14H2,1-2H3.